The summed E-state index contributed by atoms with van der Waals surface area (Å²) in [7, 11) is 0. The van der Waals surface area contributed by atoms with E-state index in [4.69, 9.17) is 0 Å². The Labute approximate surface area is 115 Å². The maximum atomic E-state index is 4.57. The smallest absolute Gasteiger partial charge is 0.202 e. The van der Waals surface area contributed by atoms with E-state index < -0.39 is 0 Å². The van der Waals surface area contributed by atoms with Crippen molar-refractivity contribution in [1.82, 2.24) is 9.36 Å². The second-order valence-corrected chi connectivity index (χ2v) is 8.30. The Kier molecular flexibility index (Phi) is 3.01. The van der Waals surface area contributed by atoms with Crippen LogP contribution in [0.2, 0.25) is 0 Å². The van der Waals surface area contributed by atoms with E-state index in [1.54, 1.807) is 0 Å². The van der Waals surface area contributed by atoms with E-state index in [1.807, 2.05) is 0 Å². The van der Waals surface area contributed by atoms with Crippen LogP contribution in [0.15, 0.2) is 0 Å². The van der Waals surface area contributed by atoms with E-state index in [-0.39, 0.29) is 5.41 Å². The predicted octanol–water partition coefficient (Wildman–Crippen LogP) is 3.93. The Morgan fingerprint density at radius 1 is 1.17 bits per heavy atom. The second-order valence-electron chi connectivity index (χ2n) is 7.55. The molecule has 1 saturated carbocycles. The van der Waals surface area contributed by atoms with Gasteiger partial charge in [0, 0.05) is 23.5 Å². The van der Waals surface area contributed by atoms with Crippen LogP contribution < -0.4 is 5.32 Å². The minimum absolute atomic E-state index is 0.0363. The Balaban J connectivity index is 1.95. The van der Waals surface area contributed by atoms with Crippen LogP contribution in [-0.4, -0.2) is 15.9 Å². The van der Waals surface area contributed by atoms with Gasteiger partial charge in [0.2, 0.25) is 5.13 Å². The monoisotopic (exact) mass is 267 g/mol. The van der Waals surface area contributed by atoms with Crippen molar-refractivity contribution in [3.05, 3.63) is 5.82 Å². The molecule has 0 bridgehead atoms. The molecular formula is C14H25N3S. The quantitative estimate of drug-likeness (QED) is 0.901. The van der Waals surface area contributed by atoms with Crippen molar-refractivity contribution >= 4 is 16.7 Å². The summed E-state index contributed by atoms with van der Waals surface area (Å²) in [4.78, 5) is 4.57. The Morgan fingerprint density at radius 2 is 1.72 bits per heavy atom. The first-order valence-electron chi connectivity index (χ1n) is 6.65. The van der Waals surface area contributed by atoms with Crippen LogP contribution in [0.3, 0.4) is 0 Å². The van der Waals surface area contributed by atoms with Crippen molar-refractivity contribution in [2.45, 2.75) is 53.9 Å². The van der Waals surface area contributed by atoms with Gasteiger partial charge in [0.05, 0.1) is 0 Å². The maximum absolute atomic E-state index is 4.57. The molecule has 18 heavy (non-hydrogen) atoms. The number of aromatic nitrogens is 2. The summed E-state index contributed by atoms with van der Waals surface area (Å²) < 4.78 is 4.43. The molecule has 102 valence electrons. The third-order valence-corrected chi connectivity index (χ3v) is 5.55. The zero-order chi connectivity index (χ0) is 13.8. The predicted molar refractivity (Wildman–Crippen MR) is 78.2 cm³/mol. The van der Waals surface area contributed by atoms with Crippen LogP contribution in [-0.2, 0) is 5.41 Å². The molecule has 1 aromatic rings. The molecule has 0 spiro atoms. The van der Waals surface area contributed by atoms with Crippen LogP contribution >= 0.6 is 11.5 Å². The fourth-order valence-electron chi connectivity index (χ4n) is 2.63. The van der Waals surface area contributed by atoms with Crippen molar-refractivity contribution < 1.29 is 0 Å². The average Bonchev–Trinajstić information content (AvgIpc) is 2.58. The number of anilines is 1. The van der Waals surface area contributed by atoms with Gasteiger partial charge in [0.15, 0.2) is 0 Å². The van der Waals surface area contributed by atoms with E-state index in [1.165, 1.54) is 11.5 Å². The van der Waals surface area contributed by atoms with Gasteiger partial charge in [-0.1, -0.05) is 48.5 Å². The third kappa shape index (κ3) is 2.15. The average molecular weight is 267 g/mol. The highest BCUT2D eigenvalue weighted by Crippen LogP contribution is 2.68. The molecule has 0 aromatic carbocycles. The third-order valence-electron chi connectivity index (χ3n) is 4.87. The summed E-state index contributed by atoms with van der Waals surface area (Å²) in [6.07, 6.45) is 0. The summed E-state index contributed by atoms with van der Waals surface area (Å²) in [5, 5.41) is 4.41. The fourth-order valence-corrected chi connectivity index (χ4v) is 3.40. The number of rotatable bonds is 3. The van der Waals surface area contributed by atoms with Crippen molar-refractivity contribution in [2.75, 3.05) is 11.9 Å². The lowest BCUT2D eigenvalue weighted by atomic mass is 9.96. The highest BCUT2D eigenvalue weighted by Gasteiger charge is 2.64. The normalized spacial score (nSPS) is 21.9. The second kappa shape index (κ2) is 3.92. The van der Waals surface area contributed by atoms with Gasteiger partial charge >= 0.3 is 0 Å². The van der Waals surface area contributed by atoms with E-state index in [0.29, 0.717) is 16.7 Å². The molecule has 1 aliphatic carbocycles. The molecule has 1 heterocycles. The lowest BCUT2D eigenvalue weighted by Crippen LogP contribution is -2.14. The SMILES string of the molecule is CC(C)(C)c1nsc(NCC2C(C)(C)C2(C)C)n1. The van der Waals surface area contributed by atoms with Crippen LogP contribution in [0.1, 0.15) is 54.3 Å². The summed E-state index contributed by atoms with van der Waals surface area (Å²) in [5.41, 5.74) is 0.893. The lowest BCUT2D eigenvalue weighted by molar-refractivity contribution is 0.457. The van der Waals surface area contributed by atoms with E-state index in [0.717, 1.165) is 17.5 Å². The van der Waals surface area contributed by atoms with Crippen LogP contribution in [0.5, 0.6) is 0 Å². The van der Waals surface area contributed by atoms with Gasteiger partial charge in [-0.05, 0) is 16.7 Å². The fraction of sp³-hybridized carbons (Fsp3) is 0.857. The first-order valence-corrected chi connectivity index (χ1v) is 7.42. The zero-order valence-electron chi connectivity index (χ0n) is 12.6. The summed E-state index contributed by atoms with van der Waals surface area (Å²) in [6, 6.07) is 0. The highest BCUT2D eigenvalue weighted by molar-refractivity contribution is 7.09. The molecule has 1 aliphatic rings. The first kappa shape index (κ1) is 13.8. The number of hydrogen-bond donors (Lipinski definition) is 1. The molecule has 0 saturated heterocycles. The van der Waals surface area contributed by atoms with Gasteiger partial charge in [-0.3, -0.25) is 0 Å². The Morgan fingerprint density at radius 3 is 2.11 bits per heavy atom. The minimum Gasteiger partial charge on any atom is -0.360 e. The molecule has 0 atom stereocenters. The summed E-state index contributed by atoms with van der Waals surface area (Å²) in [6.45, 7) is 16.8. The molecule has 4 heteroatoms. The Bertz CT molecular complexity index is 426. The molecule has 1 aromatic heterocycles. The van der Waals surface area contributed by atoms with Gasteiger partial charge in [-0.2, -0.15) is 4.37 Å². The van der Waals surface area contributed by atoms with Gasteiger partial charge in [-0.25, -0.2) is 4.98 Å². The molecule has 0 aliphatic heterocycles. The van der Waals surface area contributed by atoms with E-state index >= 15 is 0 Å². The first-order chi connectivity index (χ1) is 8.07. The van der Waals surface area contributed by atoms with Crippen molar-refractivity contribution in [3.8, 4) is 0 Å². The standard InChI is InChI=1S/C14H25N3S/c1-12(2,3)10-16-11(18-17-10)15-8-9-13(4,5)14(9,6)7/h9H,8H2,1-7H3,(H,15,16,17). The molecule has 0 amide bonds. The van der Waals surface area contributed by atoms with Gasteiger partial charge in [0.1, 0.15) is 5.82 Å². The molecule has 0 radical (unpaired) electrons. The molecule has 3 nitrogen and oxygen atoms in total. The van der Waals surface area contributed by atoms with Crippen LogP contribution in [0, 0.1) is 16.7 Å². The number of hydrogen-bond acceptors (Lipinski definition) is 4. The van der Waals surface area contributed by atoms with Gasteiger partial charge in [0.25, 0.3) is 0 Å². The largest absolute Gasteiger partial charge is 0.360 e. The van der Waals surface area contributed by atoms with Crippen LogP contribution in [0.4, 0.5) is 5.13 Å². The summed E-state index contributed by atoms with van der Waals surface area (Å²) >= 11 is 1.47. The van der Waals surface area contributed by atoms with Crippen molar-refractivity contribution in [1.29, 1.82) is 0 Å². The summed E-state index contributed by atoms with van der Waals surface area (Å²) in [5.74, 6) is 1.65. The van der Waals surface area contributed by atoms with E-state index in [9.17, 15) is 0 Å². The zero-order valence-corrected chi connectivity index (χ0v) is 13.4. The molecule has 0 unspecified atom stereocenters. The van der Waals surface area contributed by atoms with Crippen molar-refractivity contribution in [3.63, 3.8) is 0 Å². The molecule has 1 N–H and O–H groups in total. The van der Waals surface area contributed by atoms with Gasteiger partial charge in [-0.15, -0.1) is 0 Å². The highest BCUT2D eigenvalue weighted by atomic mass is 32.1. The van der Waals surface area contributed by atoms with Crippen molar-refractivity contribution in [2.24, 2.45) is 16.7 Å². The minimum atomic E-state index is 0.0363. The van der Waals surface area contributed by atoms with E-state index in [2.05, 4.69) is 63.1 Å². The molecular weight excluding hydrogens is 242 g/mol. The maximum Gasteiger partial charge on any atom is 0.202 e. The Hall–Kier alpha value is -0.640. The number of nitrogens with one attached hydrogen (secondary N) is 1. The molecule has 1 fully saturated rings. The molecule has 2 rings (SSSR count). The number of nitrogens with zero attached hydrogens (tertiary/aromatic N) is 2. The topological polar surface area (TPSA) is 37.8 Å². The van der Waals surface area contributed by atoms with Crippen LogP contribution in [0.25, 0.3) is 0 Å². The lowest BCUT2D eigenvalue weighted by Gasteiger charge is -2.12. The van der Waals surface area contributed by atoms with Gasteiger partial charge < -0.3 is 5.32 Å².